The lowest BCUT2D eigenvalue weighted by Gasteiger charge is -2.31. The molecule has 20 heavy (non-hydrogen) atoms. The van der Waals surface area contributed by atoms with E-state index in [1.54, 1.807) is 4.90 Å². The molecule has 1 aliphatic heterocycles. The van der Waals surface area contributed by atoms with Gasteiger partial charge in [-0.15, -0.1) is 0 Å². The van der Waals surface area contributed by atoms with E-state index in [0.717, 1.165) is 13.1 Å². The minimum atomic E-state index is 0.0924. The Hall–Kier alpha value is -1.10. The van der Waals surface area contributed by atoms with Gasteiger partial charge in [0.2, 0.25) is 11.8 Å². The zero-order valence-electron chi connectivity index (χ0n) is 12.4. The van der Waals surface area contributed by atoms with Crippen LogP contribution in [0.2, 0.25) is 0 Å². The van der Waals surface area contributed by atoms with Crippen LogP contribution in [0.4, 0.5) is 0 Å². The quantitative estimate of drug-likeness (QED) is 0.823. The van der Waals surface area contributed by atoms with E-state index < -0.39 is 0 Å². The van der Waals surface area contributed by atoms with Crippen LogP contribution in [-0.4, -0.2) is 60.9 Å². The molecule has 1 N–H and O–H groups in total. The first-order valence-corrected chi connectivity index (χ1v) is 7.85. The molecule has 2 saturated carbocycles. The van der Waals surface area contributed by atoms with Crippen LogP contribution in [0.15, 0.2) is 0 Å². The highest BCUT2D eigenvalue weighted by molar-refractivity contribution is 5.82. The van der Waals surface area contributed by atoms with Gasteiger partial charge in [-0.3, -0.25) is 14.5 Å². The molecule has 2 aliphatic carbocycles. The zero-order chi connectivity index (χ0) is 14.2. The van der Waals surface area contributed by atoms with Crippen molar-refractivity contribution in [3.63, 3.8) is 0 Å². The van der Waals surface area contributed by atoms with Crippen LogP contribution in [0.25, 0.3) is 0 Å². The number of carbonyl (C=O) groups is 2. The first-order valence-electron chi connectivity index (χ1n) is 7.85. The standard InChI is InChI=1S/C15H25N3O2/c1-17-7-8-18(11-14(17)20)10-13(19)16-12-9-15(12)5-3-2-4-6-15/h12H,2-11H2,1H3,(H,16,19)/t12-/m0/s1. The molecule has 1 saturated heterocycles. The molecule has 3 aliphatic rings. The molecule has 0 unspecified atom stereocenters. The molecule has 0 aromatic carbocycles. The second-order valence-electron chi connectivity index (χ2n) is 6.77. The highest BCUT2D eigenvalue weighted by Gasteiger charge is 2.54. The van der Waals surface area contributed by atoms with Gasteiger partial charge in [0.25, 0.3) is 0 Å². The number of nitrogens with zero attached hydrogens (tertiary/aromatic N) is 2. The number of nitrogens with one attached hydrogen (secondary N) is 1. The van der Waals surface area contributed by atoms with Gasteiger partial charge in [0.15, 0.2) is 0 Å². The monoisotopic (exact) mass is 279 g/mol. The van der Waals surface area contributed by atoms with Gasteiger partial charge in [-0.1, -0.05) is 19.3 Å². The van der Waals surface area contributed by atoms with Crippen molar-refractivity contribution >= 4 is 11.8 Å². The molecule has 5 heteroatoms. The highest BCUT2D eigenvalue weighted by atomic mass is 16.2. The summed E-state index contributed by atoms with van der Waals surface area (Å²) < 4.78 is 0. The summed E-state index contributed by atoms with van der Waals surface area (Å²) in [5.41, 5.74) is 0.436. The largest absolute Gasteiger partial charge is 0.352 e. The van der Waals surface area contributed by atoms with E-state index in [1.165, 1.54) is 38.5 Å². The van der Waals surface area contributed by atoms with Crippen molar-refractivity contribution in [1.29, 1.82) is 0 Å². The molecule has 5 nitrogen and oxygen atoms in total. The van der Waals surface area contributed by atoms with Gasteiger partial charge in [0.1, 0.15) is 0 Å². The summed E-state index contributed by atoms with van der Waals surface area (Å²) in [6.07, 6.45) is 7.72. The fourth-order valence-corrected chi connectivity index (χ4v) is 3.75. The fourth-order valence-electron chi connectivity index (χ4n) is 3.75. The molecule has 1 spiro atoms. The minimum Gasteiger partial charge on any atom is -0.352 e. The van der Waals surface area contributed by atoms with E-state index in [2.05, 4.69) is 5.32 Å². The Morgan fingerprint density at radius 1 is 1.30 bits per heavy atom. The Morgan fingerprint density at radius 2 is 2.05 bits per heavy atom. The zero-order valence-corrected chi connectivity index (χ0v) is 12.4. The number of amides is 2. The molecule has 0 radical (unpaired) electrons. The van der Waals surface area contributed by atoms with Crippen molar-refractivity contribution in [2.45, 2.75) is 44.6 Å². The SMILES string of the molecule is CN1CCN(CC(=O)N[C@H]2CC23CCCCC3)CC1=O. The second kappa shape index (κ2) is 5.35. The number of rotatable bonds is 3. The molecular weight excluding hydrogens is 254 g/mol. The summed E-state index contributed by atoms with van der Waals surface area (Å²) in [6.45, 7) is 2.26. The lowest BCUT2D eigenvalue weighted by molar-refractivity contribution is -0.135. The first kappa shape index (κ1) is 13.9. The third-order valence-electron chi connectivity index (χ3n) is 5.28. The molecule has 3 rings (SSSR count). The second-order valence-corrected chi connectivity index (χ2v) is 6.77. The van der Waals surface area contributed by atoms with E-state index in [4.69, 9.17) is 0 Å². The van der Waals surface area contributed by atoms with Crippen LogP contribution in [0.3, 0.4) is 0 Å². The van der Waals surface area contributed by atoms with Crippen LogP contribution >= 0.6 is 0 Å². The number of piperazine rings is 1. The van der Waals surface area contributed by atoms with Crippen molar-refractivity contribution in [3.05, 3.63) is 0 Å². The molecule has 112 valence electrons. The summed E-state index contributed by atoms with van der Waals surface area (Å²) in [5, 5.41) is 3.18. The van der Waals surface area contributed by atoms with Gasteiger partial charge in [-0.25, -0.2) is 0 Å². The van der Waals surface area contributed by atoms with Gasteiger partial charge in [-0.2, -0.15) is 0 Å². The number of hydrogen-bond donors (Lipinski definition) is 1. The fraction of sp³-hybridized carbons (Fsp3) is 0.867. The van der Waals surface area contributed by atoms with Crippen LogP contribution < -0.4 is 5.32 Å². The lowest BCUT2D eigenvalue weighted by atomic mass is 9.86. The maximum absolute atomic E-state index is 12.1. The molecule has 3 fully saturated rings. The highest BCUT2D eigenvalue weighted by Crippen LogP contribution is 2.56. The van der Waals surface area contributed by atoms with Crippen molar-refractivity contribution in [3.8, 4) is 0 Å². The Bertz CT molecular complexity index is 404. The molecule has 0 bridgehead atoms. The maximum atomic E-state index is 12.1. The summed E-state index contributed by atoms with van der Waals surface area (Å²) in [7, 11) is 1.82. The molecule has 1 heterocycles. The predicted molar refractivity (Wildman–Crippen MR) is 76.1 cm³/mol. The Labute approximate surface area is 120 Å². The van der Waals surface area contributed by atoms with Crippen molar-refractivity contribution in [2.24, 2.45) is 5.41 Å². The molecular formula is C15H25N3O2. The van der Waals surface area contributed by atoms with Crippen molar-refractivity contribution in [2.75, 3.05) is 33.2 Å². The summed E-state index contributed by atoms with van der Waals surface area (Å²) in [6, 6.07) is 0.401. The predicted octanol–water partition coefficient (Wildman–Crippen LogP) is 0.599. The topological polar surface area (TPSA) is 52.6 Å². The number of likely N-dealkylation sites (N-methyl/N-ethyl adjacent to an activating group) is 1. The van der Waals surface area contributed by atoms with E-state index in [-0.39, 0.29) is 11.8 Å². The minimum absolute atomic E-state index is 0.0924. The van der Waals surface area contributed by atoms with Gasteiger partial charge >= 0.3 is 0 Å². The van der Waals surface area contributed by atoms with Crippen LogP contribution in [-0.2, 0) is 9.59 Å². The third kappa shape index (κ3) is 2.82. The Morgan fingerprint density at radius 3 is 2.75 bits per heavy atom. The van der Waals surface area contributed by atoms with Crippen molar-refractivity contribution < 1.29 is 9.59 Å². The normalized spacial score (nSPS) is 29.6. The van der Waals surface area contributed by atoms with Gasteiger partial charge in [-0.05, 0) is 24.7 Å². The van der Waals surface area contributed by atoms with Crippen LogP contribution in [0, 0.1) is 5.41 Å². The van der Waals surface area contributed by atoms with Crippen LogP contribution in [0.5, 0.6) is 0 Å². The van der Waals surface area contributed by atoms with Crippen LogP contribution in [0.1, 0.15) is 38.5 Å². The van der Waals surface area contributed by atoms with E-state index in [9.17, 15) is 9.59 Å². The number of hydrogen-bond acceptors (Lipinski definition) is 3. The Balaban J connectivity index is 1.43. The average molecular weight is 279 g/mol. The molecule has 0 aromatic heterocycles. The molecule has 0 aromatic rings. The molecule has 2 amide bonds. The summed E-state index contributed by atoms with van der Waals surface area (Å²) in [5.74, 6) is 0.203. The van der Waals surface area contributed by atoms with E-state index in [1.807, 2.05) is 11.9 Å². The summed E-state index contributed by atoms with van der Waals surface area (Å²) in [4.78, 5) is 27.4. The average Bonchev–Trinajstić information content (AvgIpc) is 3.06. The van der Waals surface area contributed by atoms with Gasteiger partial charge in [0, 0.05) is 26.2 Å². The van der Waals surface area contributed by atoms with Gasteiger partial charge in [0.05, 0.1) is 13.1 Å². The van der Waals surface area contributed by atoms with E-state index in [0.29, 0.717) is 24.5 Å². The van der Waals surface area contributed by atoms with Crippen molar-refractivity contribution in [1.82, 2.24) is 15.1 Å². The number of carbonyl (C=O) groups excluding carboxylic acids is 2. The van der Waals surface area contributed by atoms with E-state index >= 15 is 0 Å². The lowest BCUT2D eigenvalue weighted by Crippen LogP contribution is -2.51. The third-order valence-corrected chi connectivity index (χ3v) is 5.28. The maximum Gasteiger partial charge on any atom is 0.236 e. The summed E-state index contributed by atoms with van der Waals surface area (Å²) >= 11 is 0. The van der Waals surface area contributed by atoms with Gasteiger partial charge < -0.3 is 10.2 Å². The Kier molecular flexibility index (Phi) is 3.71. The first-order chi connectivity index (χ1) is 9.59. The molecule has 1 atom stereocenters. The smallest absolute Gasteiger partial charge is 0.236 e.